The SMILES string of the molecule is Cc1nc(C(=O)N[C@@H]2CN(C(=O)c3cccn4cncc34)CC[C@H]2c2cccc(Cl)c2)[nH]c1C. The molecule has 0 radical (unpaired) electrons. The summed E-state index contributed by atoms with van der Waals surface area (Å²) in [5.74, 6) is -0.0954. The van der Waals surface area contributed by atoms with Gasteiger partial charge in [0.1, 0.15) is 0 Å². The van der Waals surface area contributed by atoms with Gasteiger partial charge in [0, 0.05) is 35.9 Å². The van der Waals surface area contributed by atoms with Crippen molar-refractivity contribution in [2.75, 3.05) is 13.1 Å². The first-order valence-corrected chi connectivity index (χ1v) is 11.6. The van der Waals surface area contributed by atoms with Crippen molar-refractivity contribution in [2.24, 2.45) is 0 Å². The number of carbonyl (C=O) groups is 2. The molecule has 1 aliphatic rings. The third-order valence-corrected chi connectivity index (χ3v) is 6.75. The highest BCUT2D eigenvalue weighted by molar-refractivity contribution is 6.30. The summed E-state index contributed by atoms with van der Waals surface area (Å²) < 4.78 is 1.83. The minimum atomic E-state index is -0.306. The summed E-state index contributed by atoms with van der Waals surface area (Å²) >= 11 is 6.26. The zero-order chi connectivity index (χ0) is 23.8. The first kappa shape index (κ1) is 22.2. The van der Waals surface area contributed by atoms with E-state index in [0.717, 1.165) is 22.5 Å². The summed E-state index contributed by atoms with van der Waals surface area (Å²) in [7, 11) is 0. The number of imidazole rings is 2. The van der Waals surface area contributed by atoms with Crippen molar-refractivity contribution < 1.29 is 9.59 Å². The van der Waals surface area contributed by atoms with E-state index in [0.29, 0.717) is 30.1 Å². The van der Waals surface area contributed by atoms with Gasteiger partial charge < -0.3 is 19.6 Å². The van der Waals surface area contributed by atoms with Gasteiger partial charge in [0.2, 0.25) is 0 Å². The Hall–Kier alpha value is -3.65. The molecule has 174 valence electrons. The van der Waals surface area contributed by atoms with Gasteiger partial charge in [-0.1, -0.05) is 23.7 Å². The van der Waals surface area contributed by atoms with E-state index in [-0.39, 0.29) is 29.6 Å². The predicted octanol–water partition coefficient (Wildman–Crippen LogP) is 3.76. The number of aryl methyl sites for hydroxylation is 2. The normalized spacial score (nSPS) is 18.3. The van der Waals surface area contributed by atoms with Crippen molar-refractivity contribution in [1.82, 2.24) is 29.6 Å². The number of carbonyl (C=O) groups excluding carboxylic acids is 2. The van der Waals surface area contributed by atoms with E-state index in [2.05, 4.69) is 20.3 Å². The molecule has 4 aromatic rings. The number of likely N-dealkylation sites (tertiary alicyclic amines) is 1. The van der Waals surface area contributed by atoms with Gasteiger partial charge in [0.15, 0.2) is 5.82 Å². The Morgan fingerprint density at radius 1 is 1.21 bits per heavy atom. The number of aromatic nitrogens is 4. The first-order valence-electron chi connectivity index (χ1n) is 11.2. The van der Waals surface area contributed by atoms with Crippen molar-refractivity contribution in [2.45, 2.75) is 32.2 Å². The Bertz CT molecular complexity index is 1360. The molecule has 5 rings (SSSR count). The molecule has 34 heavy (non-hydrogen) atoms. The van der Waals surface area contributed by atoms with E-state index in [1.165, 1.54) is 0 Å². The lowest BCUT2D eigenvalue weighted by atomic mass is 9.85. The number of nitrogens with zero attached hydrogens (tertiary/aromatic N) is 4. The number of H-pyrrole nitrogens is 1. The number of amides is 2. The Balaban J connectivity index is 1.43. The van der Waals surface area contributed by atoms with Gasteiger partial charge in [-0.2, -0.15) is 0 Å². The number of rotatable bonds is 4. The van der Waals surface area contributed by atoms with Crippen LogP contribution in [-0.2, 0) is 0 Å². The van der Waals surface area contributed by atoms with Gasteiger partial charge in [-0.05, 0) is 50.1 Å². The largest absolute Gasteiger partial charge is 0.344 e. The van der Waals surface area contributed by atoms with Crippen LogP contribution in [-0.4, -0.2) is 55.2 Å². The average Bonchev–Trinajstić information content (AvgIpc) is 3.45. The molecule has 8 nitrogen and oxygen atoms in total. The topological polar surface area (TPSA) is 95.4 Å². The monoisotopic (exact) mass is 476 g/mol. The van der Waals surface area contributed by atoms with E-state index in [1.807, 2.05) is 60.8 Å². The standard InChI is InChI=1S/C25H25ClN6O2/c1-15-16(2)29-23(28-15)24(33)30-21-13-31(10-8-19(21)17-5-3-6-18(26)11-17)25(34)20-7-4-9-32-14-27-12-22(20)32/h3-7,9,11-12,14,19,21H,8,10,13H2,1-2H3,(H,28,29)(H,30,33)/t19-,21+/m0/s1. The van der Waals surface area contributed by atoms with Crippen molar-refractivity contribution in [3.05, 3.63) is 88.5 Å². The van der Waals surface area contributed by atoms with Crippen LogP contribution in [0.3, 0.4) is 0 Å². The maximum absolute atomic E-state index is 13.5. The fraction of sp³-hybridized carbons (Fsp3) is 0.280. The number of nitrogens with one attached hydrogen (secondary N) is 2. The summed E-state index contributed by atoms with van der Waals surface area (Å²) in [5, 5.41) is 3.77. The van der Waals surface area contributed by atoms with Crippen molar-refractivity contribution >= 4 is 28.9 Å². The Labute approximate surface area is 202 Å². The Morgan fingerprint density at radius 3 is 2.82 bits per heavy atom. The molecular weight excluding hydrogens is 452 g/mol. The van der Waals surface area contributed by atoms with Crippen molar-refractivity contribution in [1.29, 1.82) is 0 Å². The molecule has 4 heterocycles. The molecular formula is C25H25ClN6O2. The average molecular weight is 477 g/mol. The zero-order valence-corrected chi connectivity index (χ0v) is 19.7. The van der Waals surface area contributed by atoms with Gasteiger partial charge in [-0.3, -0.25) is 9.59 Å². The van der Waals surface area contributed by atoms with Gasteiger partial charge in [-0.15, -0.1) is 0 Å². The van der Waals surface area contributed by atoms with Crippen molar-refractivity contribution in [3.8, 4) is 0 Å². The molecule has 1 aliphatic heterocycles. The van der Waals surface area contributed by atoms with Crippen LogP contribution in [0.2, 0.25) is 5.02 Å². The van der Waals surface area contributed by atoms with Crippen LogP contribution >= 0.6 is 11.6 Å². The second-order valence-electron chi connectivity index (χ2n) is 8.69. The van der Waals surface area contributed by atoms with E-state index >= 15 is 0 Å². The Kier molecular flexibility index (Phi) is 5.83. The molecule has 2 N–H and O–H groups in total. The maximum Gasteiger partial charge on any atom is 0.287 e. The third-order valence-electron chi connectivity index (χ3n) is 6.52. The second-order valence-corrected chi connectivity index (χ2v) is 9.12. The molecule has 0 unspecified atom stereocenters. The molecule has 1 aromatic carbocycles. The summed E-state index contributed by atoms with van der Waals surface area (Å²) in [5.41, 5.74) is 4.02. The fourth-order valence-corrected chi connectivity index (χ4v) is 4.81. The number of benzene rings is 1. The van der Waals surface area contributed by atoms with E-state index in [4.69, 9.17) is 11.6 Å². The van der Waals surface area contributed by atoms with Crippen LogP contribution < -0.4 is 5.32 Å². The fourth-order valence-electron chi connectivity index (χ4n) is 4.61. The number of pyridine rings is 1. The lowest BCUT2D eigenvalue weighted by Gasteiger charge is -2.39. The molecule has 0 saturated carbocycles. The molecule has 2 atom stereocenters. The van der Waals surface area contributed by atoms with Crippen LogP contribution in [0.25, 0.3) is 5.52 Å². The zero-order valence-electron chi connectivity index (χ0n) is 19.0. The number of fused-ring (bicyclic) bond motifs is 1. The molecule has 9 heteroatoms. The molecule has 2 amide bonds. The highest BCUT2D eigenvalue weighted by Crippen LogP contribution is 2.31. The van der Waals surface area contributed by atoms with Crippen LogP contribution in [0.5, 0.6) is 0 Å². The van der Waals surface area contributed by atoms with Crippen LogP contribution in [0.4, 0.5) is 0 Å². The number of hydrogen-bond donors (Lipinski definition) is 2. The van der Waals surface area contributed by atoms with Crippen LogP contribution in [0, 0.1) is 13.8 Å². The lowest BCUT2D eigenvalue weighted by molar-refractivity contribution is 0.0655. The van der Waals surface area contributed by atoms with E-state index in [1.54, 1.807) is 17.4 Å². The molecule has 1 fully saturated rings. The van der Waals surface area contributed by atoms with Gasteiger partial charge >= 0.3 is 0 Å². The number of piperidine rings is 1. The summed E-state index contributed by atoms with van der Waals surface area (Å²) in [6, 6.07) is 11.0. The molecule has 0 aliphatic carbocycles. The second kappa shape index (κ2) is 8.95. The minimum Gasteiger partial charge on any atom is -0.344 e. The molecule has 0 spiro atoms. The number of halogens is 1. The summed E-state index contributed by atoms with van der Waals surface area (Å²) in [6.07, 6.45) is 5.91. The van der Waals surface area contributed by atoms with Crippen LogP contribution in [0.1, 0.15) is 50.3 Å². The minimum absolute atomic E-state index is 0.00890. The Morgan fingerprint density at radius 2 is 2.06 bits per heavy atom. The van der Waals surface area contributed by atoms with Crippen LogP contribution in [0.15, 0.2) is 55.1 Å². The molecule has 0 bridgehead atoms. The van der Waals surface area contributed by atoms with Gasteiger partial charge in [0.25, 0.3) is 11.8 Å². The highest BCUT2D eigenvalue weighted by Gasteiger charge is 2.35. The summed E-state index contributed by atoms with van der Waals surface area (Å²) in [4.78, 5) is 39.9. The van der Waals surface area contributed by atoms with E-state index < -0.39 is 0 Å². The summed E-state index contributed by atoms with van der Waals surface area (Å²) in [6.45, 7) is 4.67. The molecule has 1 saturated heterocycles. The third kappa shape index (κ3) is 4.17. The number of aromatic amines is 1. The van der Waals surface area contributed by atoms with Crippen molar-refractivity contribution in [3.63, 3.8) is 0 Å². The predicted molar refractivity (Wildman–Crippen MR) is 129 cm³/mol. The van der Waals surface area contributed by atoms with E-state index in [9.17, 15) is 9.59 Å². The smallest absolute Gasteiger partial charge is 0.287 e. The maximum atomic E-state index is 13.5. The quantitative estimate of drug-likeness (QED) is 0.469. The first-order chi connectivity index (χ1) is 16.4. The number of hydrogen-bond acceptors (Lipinski definition) is 4. The molecule has 3 aromatic heterocycles. The van der Waals surface area contributed by atoms with Gasteiger partial charge in [-0.25, -0.2) is 9.97 Å². The lowest BCUT2D eigenvalue weighted by Crippen LogP contribution is -2.53. The van der Waals surface area contributed by atoms with Gasteiger partial charge in [0.05, 0.1) is 35.3 Å². The highest BCUT2D eigenvalue weighted by atomic mass is 35.5.